The van der Waals surface area contributed by atoms with E-state index in [1.54, 1.807) is 6.92 Å². The quantitative estimate of drug-likeness (QED) is 0.0801. The van der Waals surface area contributed by atoms with Gasteiger partial charge in [-0.15, -0.1) is 0 Å². The van der Waals surface area contributed by atoms with Gasteiger partial charge in [0.15, 0.2) is 0 Å². The van der Waals surface area contributed by atoms with Crippen molar-refractivity contribution in [1.82, 2.24) is 26.2 Å². The van der Waals surface area contributed by atoms with Crippen LogP contribution in [-0.2, 0) is 33.6 Å². The second-order valence-corrected chi connectivity index (χ2v) is 22.5. The molecule has 0 aliphatic carbocycles. The van der Waals surface area contributed by atoms with Gasteiger partial charge in [0.2, 0.25) is 41.4 Å². The molecule has 0 aromatic heterocycles. The van der Waals surface area contributed by atoms with E-state index in [-0.39, 0.29) is 82.2 Å². The highest BCUT2D eigenvalue weighted by atomic mass is 16.3. The van der Waals surface area contributed by atoms with Crippen molar-refractivity contribution >= 4 is 41.4 Å². The third-order valence-electron chi connectivity index (χ3n) is 17.6. The molecule has 4 saturated heterocycles. The second-order valence-electron chi connectivity index (χ2n) is 22.5. The van der Waals surface area contributed by atoms with Crippen LogP contribution in [0.4, 0.5) is 0 Å². The van der Waals surface area contributed by atoms with Crippen molar-refractivity contribution in [3.8, 4) is 0 Å². The standard InChI is InChI=1S/C49H81N11O8/c1-24(61)23-56-39(68)17-18-46(6)30(19-36(53)65)44-49(9)48(8,22-38(55)67)28(12-15-34(51)63)40(59-49)25(2)42-47(7,21-37(54)66)27(11-14-33(50)62)31(57-42)20-32-45(4,5)29(13-16-35(52)64)41(60(32)10)26(3)43(46)58-44/h20,24,27-30,32,42-44,57-59,61H,11-19,21-23H2,1-10H3,(H2,50,62)(H2,51,63)(H2,52,64)(H2,53,65)(H2,54,66)(H2,55,67)(H,56,68)/b31-20-,40-25-,41-26-/t24-,27-,28-,29-,30+,32?,42?,43?,44-,46-,47+,48+,49+/m1/s1. The van der Waals surface area contributed by atoms with Crippen molar-refractivity contribution in [2.24, 2.45) is 79.7 Å². The van der Waals surface area contributed by atoms with E-state index in [0.29, 0.717) is 18.5 Å². The van der Waals surface area contributed by atoms with Gasteiger partial charge in [-0.3, -0.25) is 33.6 Å². The topological polar surface area (TPSA) is 347 Å². The normalized spacial score (nSPS) is 38.3. The molecule has 13 atom stereocenters. The van der Waals surface area contributed by atoms with Crippen molar-refractivity contribution < 1.29 is 38.7 Å². The lowest BCUT2D eigenvalue weighted by Gasteiger charge is -2.49. The van der Waals surface area contributed by atoms with Gasteiger partial charge in [0.25, 0.3) is 0 Å². The highest BCUT2D eigenvalue weighted by Crippen LogP contribution is 2.62. The Morgan fingerprint density at radius 2 is 1.26 bits per heavy atom. The fourth-order valence-electron chi connectivity index (χ4n) is 14.0. The van der Waals surface area contributed by atoms with Crippen LogP contribution in [0.15, 0.2) is 34.3 Å². The number of carbonyl (C=O) groups is 7. The zero-order chi connectivity index (χ0) is 51.2. The first-order valence-electron chi connectivity index (χ1n) is 24.2. The molecule has 0 radical (unpaired) electrons. The molecule has 68 heavy (non-hydrogen) atoms. The highest BCUT2D eigenvalue weighted by molar-refractivity contribution is 5.78. The monoisotopic (exact) mass is 952 g/mol. The van der Waals surface area contributed by atoms with Gasteiger partial charge in [0.05, 0.1) is 23.7 Å². The Bertz CT molecular complexity index is 2150. The van der Waals surface area contributed by atoms with E-state index in [0.717, 1.165) is 22.5 Å². The van der Waals surface area contributed by atoms with Crippen LogP contribution in [0.5, 0.6) is 0 Å². The number of amides is 7. The van der Waals surface area contributed by atoms with E-state index in [9.17, 15) is 38.7 Å². The molecule has 17 N–H and O–H groups in total. The van der Waals surface area contributed by atoms with E-state index in [1.165, 1.54) is 0 Å². The van der Waals surface area contributed by atoms with E-state index in [2.05, 4.69) is 53.0 Å². The molecule has 19 heteroatoms. The van der Waals surface area contributed by atoms with Crippen LogP contribution in [0.25, 0.3) is 0 Å². The number of aliphatic hydroxyl groups is 1. The molecule has 0 aromatic carbocycles. The van der Waals surface area contributed by atoms with Crippen molar-refractivity contribution in [3.05, 3.63) is 34.3 Å². The van der Waals surface area contributed by atoms with E-state index in [4.69, 9.17) is 34.4 Å². The lowest BCUT2D eigenvalue weighted by Crippen LogP contribution is -2.64. The Kier molecular flexibility index (Phi) is 15.6. The molecule has 5 rings (SSSR count). The maximum Gasteiger partial charge on any atom is 0.220 e. The summed E-state index contributed by atoms with van der Waals surface area (Å²) in [7, 11) is 2.01. The number of aliphatic hydroxyl groups excluding tert-OH is 1. The molecule has 3 unspecified atom stereocenters. The maximum atomic E-state index is 13.6. The number of carbonyl (C=O) groups excluding carboxylic acids is 7. The van der Waals surface area contributed by atoms with Crippen molar-refractivity contribution in [3.63, 3.8) is 0 Å². The summed E-state index contributed by atoms with van der Waals surface area (Å²) in [6.45, 7) is 17.9. The Morgan fingerprint density at radius 1 is 0.721 bits per heavy atom. The Morgan fingerprint density at radius 3 is 1.78 bits per heavy atom. The minimum absolute atomic E-state index is 0.0237. The average molecular weight is 952 g/mol. The third-order valence-corrected chi connectivity index (χ3v) is 17.6. The highest BCUT2D eigenvalue weighted by Gasteiger charge is 2.68. The van der Waals surface area contributed by atoms with Gasteiger partial charge in [-0.25, -0.2) is 0 Å². The Labute approximate surface area is 401 Å². The number of nitrogens with one attached hydrogen (secondary N) is 4. The zero-order valence-electron chi connectivity index (χ0n) is 42.0. The number of hydrogen-bond acceptors (Lipinski definition) is 12. The average Bonchev–Trinajstić information content (AvgIpc) is 3.79. The van der Waals surface area contributed by atoms with E-state index < -0.39 is 105 Å². The van der Waals surface area contributed by atoms with Gasteiger partial charge in [0, 0.05) is 116 Å². The van der Waals surface area contributed by atoms with Crippen LogP contribution in [0, 0.1) is 45.3 Å². The molecule has 0 spiro atoms. The summed E-state index contributed by atoms with van der Waals surface area (Å²) >= 11 is 0. The van der Waals surface area contributed by atoms with E-state index >= 15 is 0 Å². The third kappa shape index (κ3) is 9.83. The summed E-state index contributed by atoms with van der Waals surface area (Å²) in [6.07, 6.45) is 2.36. The Hall–Kier alpha value is -5.17. The first kappa shape index (κ1) is 53.8. The van der Waals surface area contributed by atoms with E-state index in [1.807, 2.05) is 41.7 Å². The van der Waals surface area contributed by atoms with Gasteiger partial charge >= 0.3 is 0 Å². The predicted molar refractivity (Wildman–Crippen MR) is 257 cm³/mol. The van der Waals surface area contributed by atoms with Crippen LogP contribution in [0.2, 0.25) is 0 Å². The minimum Gasteiger partial charge on any atom is -0.392 e. The first-order valence-corrected chi connectivity index (χ1v) is 24.2. The first-order chi connectivity index (χ1) is 31.4. The molecule has 4 fully saturated rings. The predicted octanol–water partition coefficient (Wildman–Crippen LogP) is 0.630. The van der Waals surface area contributed by atoms with Crippen LogP contribution in [0.3, 0.4) is 0 Å². The molecule has 5 aliphatic heterocycles. The van der Waals surface area contributed by atoms with Gasteiger partial charge in [0.1, 0.15) is 0 Å². The lowest BCUT2D eigenvalue weighted by molar-refractivity contribution is -0.124. The summed E-state index contributed by atoms with van der Waals surface area (Å²) in [5.41, 5.74) is 35.6. The number of nitrogens with zero attached hydrogens (tertiary/aromatic N) is 1. The van der Waals surface area contributed by atoms with Crippen molar-refractivity contribution in [1.29, 1.82) is 0 Å². The van der Waals surface area contributed by atoms with Crippen molar-refractivity contribution in [2.45, 2.75) is 169 Å². The molecule has 8 bridgehead atoms. The van der Waals surface area contributed by atoms with Crippen LogP contribution < -0.4 is 55.7 Å². The summed E-state index contributed by atoms with van der Waals surface area (Å²) in [5.74, 6) is -5.35. The van der Waals surface area contributed by atoms with Gasteiger partial charge < -0.3 is 65.7 Å². The fraction of sp³-hybridized carbons (Fsp3) is 0.735. The lowest BCUT2D eigenvalue weighted by atomic mass is 9.56. The Balaban J connectivity index is 1.97. The minimum atomic E-state index is -1.16. The van der Waals surface area contributed by atoms with Gasteiger partial charge in [-0.1, -0.05) is 34.6 Å². The van der Waals surface area contributed by atoms with Crippen molar-refractivity contribution in [2.75, 3.05) is 13.6 Å². The zero-order valence-corrected chi connectivity index (χ0v) is 42.0. The van der Waals surface area contributed by atoms with Crippen LogP contribution in [0.1, 0.15) is 133 Å². The van der Waals surface area contributed by atoms with Gasteiger partial charge in [-0.2, -0.15) is 0 Å². The molecule has 0 saturated carbocycles. The molecular weight excluding hydrogens is 871 g/mol. The number of fused-ring (bicyclic) bond motifs is 9. The molecule has 7 amide bonds. The van der Waals surface area contributed by atoms with Crippen LogP contribution >= 0.6 is 0 Å². The SMILES string of the molecule is C/C1=C2\[C@@H](CCC(N)=O)C(C)(C)C(/C=C3\NC(/C(C)=C4\N[C@@](C)([C@@H]5NC1[C@](C)(CCC(=O)NC[C@@H](C)O)[C@H]5CC(N)=O)[C@@](C)(CC(N)=O)[C@@H]4CCC(N)=O)[C@@](C)(CC(N)=O)[C@@H]3CCC(N)=O)N2C. The van der Waals surface area contributed by atoms with Gasteiger partial charge in [-0.05, 0) is 87.3 Å². The summed E-state index contributed by atoms with van der Waals surface area (Å²) < 4.78 is 0. The molecule has 19 nitrogen and oxygen atoms in total. The van der Waals surface area contributed by atoms with Crippen LogP contribution in [-0.4, -0.2) is 101 Å². The smallest absolute Gasteiger partial charge is 0.220 e. The number of allylic oxidation sites excluding steroid dienone is 3. The summed E-state index contributed by atoms with van der Waals surface area (Å²) in [4.78, 5) is 94.2. The fourth-order valence-corrected chi connectivity index (χ4v) is 14.0. The maximum absolute atomic E-state index is 13.6. The number of rotatable bonds is 20. The number of hydrogen-bond donors (Lipinski definition) is 11. The number of primary amides is 6. The second kappa shape index (κ2) is 19.7. The molecule has 0 aromatic rings. The number of likely N-dealkylation sites (N-methyl/N-ethyl adjacent to an activating group) is 1. The summed E-state index contributed by atoms with van der Waals surface area (Å²) in [5, 5.41) is 24.7. The molecule has 380 valence electrons. The molecule has 5 aliphatic rings. The number of nitrogens with two attached hydrogens (primary N) is 6. The largest absolute Gasteiger partial charge is 0.392 e. The summed E-state index contributed by atoms with van der Waals surface area (Å²) in [6, 6.07) is -2.13. The molecule has 5 heterocycles. The molecular formula is C49H81N11O8.